The second-order valence-corrected chi connectivity index (χ2v) is 7.65. The molecule has 148 valence electrons. The Hall–Kier alpha value is -2.32. The minimum absolute atomic E-state index is 0.114. The highest BCUT2D eigenvalue weighted by atomic mass is 19.4. The van der Waals surface area contributed by atoms with Crippen LogP contribution in [0.2, 0.25) is 0 Å². The van der Waals surface area contributed by atoms with Gasteiger partial charge in [0.2, 0.25) is 0 Å². The molecule has 0 N–H and O–H groups in total. The van der Waals surface area contributed by atoms with Crippen LogP contribution in [0.3, 0.4) is 0 Å². The Morgan fingerprint density at radius 2 is 1.56 bits per heavy atom. The van der Waals surface area contributed by atoms with Crippen LogP contribution in [0.1, 0.15) is 26.3 Å². The van der Waals surface area contributed by atoms with E-state index in [1.165, 1.54) is 9.80 Å². The van der Waals surface area contributed by atoms with Crippen LogP contribution < -0.4 is 4.90 Å². The Kier molecular flexibility index (Phi) is 4.60. The summed E-state index contributed by atoms with van der Waals surface area (Å²) in [7, 11) is 0. The maximum absolute atomic E-state index is 13.8. The number of ether oxygens (including phenoxy) is 1. The highest BCUT2D eigenvalue weighted by Crippen LogP contribution is 2.41. The maximum Gasteiger partial charge on any atom is 0.421 e. The predicted molar refractivity (Wildman–Crippen MR) is 88.4 cm³/mol. The van der Waals surface area contributed by atoms with Crippen molar-refractivity contribution in [3.63, 3.8) is 0 Å². The standard InChI is InChI=1S/C18H19F5N2O2/c1-17(2,3)27-16(26)25-8-10-6-24(7-11(10)9-25)13-5-4-12(19)15(20)14(13)18(21,22)23/h4-5H,6-9H2,1-3H3. The first-order chi connectivity index (χ1) is 12.4. The average molecular weight is 390 g/mol. The first-order valence-electron chi connectivity index (χ1n) is 8.34. The summed E-state index contributed by atoms with van der Waals surface area (Å²) < 4.78 is 72.2. The van der Waals surface area contributed by atoms with Crippen molar-refractivity contribution in [1.29, 1.82) is 0 Å². The van der Waals surface area contributed by atoms with Gasteiger partial charge >= 0.3 is 12.3 Å². The zero-order chi connectivity index (χ0) is 20.1. The summed E-state index contributed by atoms with van der Waals surface area (Å²) >= 11 is 0. The number of alkyl halides is 3. The largest absolute Gasteiger partial charge is 0.444 e. The number of hydrogen-bond donors (Lipinski definition) is 0. The Morgan fingerprint density at radius 1 is 1.00 bits per heavy atom. The predicted octanol–water partition coefficient (Wildman–Crippen LogP) is 4.35. The molecule has 0 aromatic heterocycles. The van der Waals surface area contributed by atoms with Crippen LogP contribution in [0.4, 0.5) is 32.4 Å². The SMILES string of the molecule is CC(C)(C)OC(=O)N1CC2=C(C1)CN(c1ccc(F)c(F)c1C(F)(F)F)C2. The third kappa shape index (κ3) is 3.86. The molecule has 1 aromatic carbocycles. The second-order valence-electron chi connectivity index (χ2n) is 7.65. The van der Waals surface area contributed by atoms with E-state index < -0.39 is 40.8 Å². The number of amides is 1. The van der Waals surface area contributed by atoms with Crippen LogP contribution >= 0.6 is 0 Å². The van der Waals surface area contributed by atoms with Crippen molar-refractivity contribution in [3.05, 3.63) is 40.5 Å². The number of carbonyl (C=O) groups is 1. The van der Waals surface area contributed by atoms with Crippen molar-refractivity contribution >= 4 is 11.8 Å². The number of nitrogens with zero attached hydrogens (tertiary/aromatic N) is 2. The van der Waals surface area contributed by atoms with E-state index >= 15 is 0 Å². The summed E-state index contributed by atoms with van der Waals surface area (Å²) in [5, 5.41) is 0. The van der Waals surface area contributed by atoms with Gasteiger partial charge in [-0.1, -0.05) is 0 Å². The Balaban J connectivity index is 1.76. The molecule has 0 atom stereocenters. The van der Waals surface area contributed by atoms with Gasteiger partial charge in [-0.2, -0.15) is 13.2 Å². The Labute approximate surface area is 153 Å². The molecule has 0 unspecified atom stereocenters. The molecule has 2 aliphatic rings. The van der Waals surface area contributed by atoms with Crippen LogP contribution in [0.25, 0.3) is 0 Å². The summed E-state index contributed by atoms with van der Waals surface area (Å²) in [6.45, 7) is 5.94. The minimum Gasteiger partial charge on any atom is -0.444 e. The average Bonchev–Trinajstić information content (AvgIpc) is 3.05. The van der Waals surface area contributed by atoms with Crippen LogP contribution in [0, 0.1) is 11.6 Å². The van der Waals surface area contributed by atoms with Gasteiger partial charge < -0.3 is 14.5 Å². The zero-order valence-electron chi connectivity index (χ0n) is 15.1. The monoisotopic (exact) mass is 390 g/mol. The normalized spacial score (nSPS) is 17.6. The molecule has 0 aliphatic carbocycles. The fourth-order valence-electron chi connectivity index (χ4n) is 3.28. The lowest BCUT2D eigenvalue weighted by molar-refractivity contribution is -0.139. The van der Waals surface area contributed by atoms with E-state index in [2.05, 4.69) is 0 Å². The van der Waals surface area contributed by atoms with E-state index in [9.17, 15) is 26.7 Å². The molecule has 0 fully saturated rings. The lowest BCUT2D eigenvalue weighted by atomic mass is 10.1. The maximum atomic E-state index is 13.8. The highest BCUT2D eigenvalue weighted by molar-refractivity contribution is 5.71. The fourth-order valence-corrected chi connectivity index (χ4v) is 3.28. The van der Waals surface area contributed by atoms with E-state index in [0.717, 1.165) is 17.2 Å². The van der Waals surface area contributed by atoms with Gasteiger partial charge in [0.05, 0.1) is 5.69 Å². The van der Waals surface area contributed by atoms with E-state index in [0.29, 0.717) is 6.07 Å². The quantitative estimate of drug-likeness (QED) is 0.528. The summed E-state index contributed by atoms with van der Waals surface area (Å²) in [6, 6.07) is 1.63. The topological polar surface area (TPSA) is 32.8 Å². The molecule has 4 nitrogen and oxygen atoms in total. The molecular weight excluding hydrogens is 371 g/mol. The summed E-state index contributed by atoms with van der Waals surface area (Å²) in [5.41, 5.74) is -1.08. The zero-order valence-corrected chi connectivity index (χ0v) is 15.1. The number of benzene rings is 1. The minimum atomic E-state index is -5.02. The van der Waals surface area contributed by atoms with Crippen molar-refractivity contribution in [3.8, 4) is 0 Å². The summed E-state index contributed by atoms with van der Waals surface area (Å²) in [5.74, 6) is -3.44. The van der Waals surface area contributed by atoms with Crippen molar-refractivity contribution in [2.75, 3.05) is 31.1 Å². The van der Waals surface area contributed by atoms with E-state index in [1.54, 1.807) is 20.8 Å². The van der Waals surface area contributed by atoms with Gasteiger partial charge in [0.15, 0.2) is 11.6 Å². The van der Waals surface area contributed by atoms with Crippen molar-refractivity contribution in [2.45, 2.75) is 32.5 Å². The smallest absolute Gasteiger partial charge is 0.421 e. The summed E-state index contributed by atoms with van der Waals surface area (Å²) in [4.78, 5) is 15.0. The molecule has 2 aliphatic heterocycles. The molecule has 0 bridgehead atoms. The van der Waals surface area contributed by atoms with Crippen LogP contribution in [0.5, 0.6) is 0 Å². The number of carbonyl (C=O) groups excluding carboxylic acids is 1. The van der Waals surface area contributed by atoms with Crippen molar-refractivity contribution in [1.82, 2.24) is 4.90 Å². The Bertz CT molecular complexity index is 793. The van der Waals surface area contributed by atoms with E-state index in [4.69, 9.17) is 4.74 Å². The van der Waals surface area contributed by atoms with Crippen LogP contribution in [-0.4, -0.2) is 42.8 Å². The van der Waals surface area contributed by atoms with E-state index in [1.807, 2.05) is 0 Å². The van der Waals surface area contributed by atoms with Crippen molar-refractivity contribution in [2.24, 2.45) is 0 Å². The highest BCUT2D eigenvalue weighted by Gasteiger charge is 2.42. The van der Waals surface area contributed by atoms with Gasteiger partial charge in [-0.25, -0.2) is 13.6 Å². The Morgan fingerprint density at radius 3 is 2.04 bits per heavy atom. The molecule has 0 radical (unpaired) electrons. The third-order valence-corrected chi connectivity index (χ3v) is 4.38. The van der Waals surface area contributed by atoms with Gasteiger partial charge in [0.25, 0.3) is 0 Å². The van der Waals surface area contributed by atoms with Crippen molar-refractivity contribution < 1.29 is 31.5 Å². The number of rotatable bonds is 1. The molecular formula is C18H19F5N2O2. The molecule has 3 rings (SSSR count). The molecule has 0 saturated heterocycles. The van der Waals surface area contributed by atoms with Gasteiger partial charge in [-0.05, 0) is 44.1 Å². The number of halogens is 5. The molecule has 0 saturated carbocycles. The first kappa shape index (κ1) is 19.4. The fraction of sp³-hybridized carbons (Fsp3) is 0.500. The first-order valence-corrected chi connectivity index (χ1v) is 8.34. The van der Waals surface area contributed by atoms with Gasteiger partial charge in [-0.3, -0.25) is 0 Å². The van der Waals surface area contributed by atoms with Crippen LogP contribution in [-0.2, 0) is 10.9 Å². The third-order valence-electron chi connectivity index (χ3n) is 4.38. The van der Waals surface area contributed by atoms with E-state index in [-0.39, 0.29) is 26.2 Å². The lowest BCUT2D eigenvalue weighted by Crippen LogP contribution is -2.38. The second kappa shape index (κ2) is 6.38. The molecule has 27 heavy (non-hydrogen) atoms. The molecule has 1 amide bonds. The number of anilines is 1. The molecule has 1 aromatic rings. The molecule has 9 heteroatoms. The van der Waals surface area contributed by atoms with Gasteiger partial charge in [0, 0.05) is 26.2 Å². The number of hydrogen-bond acceptors (Lipinski definition) is 3. The summed E-state index contributed by atoms with van der Waals surface area (Å²) in [6.07, 6.45) is -5.51. The molecule has 0 spiro atoms. The van der Waals surface area contributed by atoms with Gasteiger partial charge in [0.1, 0.15) is 11.2 Å². The molecule has 2 heterocycles. The van der Waals surface area contributed by atoms with Crippen LogP contribution in [0.15, 0.2) is 23.3 Å². The lowest BCUT2D eigenvalue weighted by Gasteiger charge is -2.28. The van der Waals surface area contributed by atoms with Gasteiger partial charge in [-0.15, -0.1) is 0 Å².